The highest BCUT2D eigenvalue weighted by Crippen LogP contribution is 2.28. The molecule has 1 aliphatic heterocycles. The highest BCUT2D eigenvalue weighted by molar-refractivity contribution is 6.04. The molecule has 23 heavy (non-hydrogen) atoms. The molecule has 0 unspecified atom stereocenters. The van der Waals surface area contributed by atoms with Gasteiger partial charge in [-0.2, -0.15) is 0 Å². The van der Waals surface area contributed by atoms with Gasteiger partial charge in [-0.05, 0) is 35.9 Å². The van der Waals surface area contributed by atoms with Gasteiger partial charge in [-0.3, -0.25) is 4.79 Å². The zero-order chi connectivity index (χ0) is 16.6. The highest BCUT2D eigenvalue weighted by Gasteiger charge is 2.17. The van der Waals surface area contributed by atoms with Crippen molar-refractivity contribution in [3.63, 3.8) is 0 Å². The lowest BCUT2D eigenvalue weighted by Gasteiger charge is -2.16. The summed E-state index contributed by atoms with van der Waals surface area (Å²) in [5, 5.41) is 2.52. The molecule has 2 aromatic carbocycles. The van der Waals surface area contributed by atoms with Gasteiger partial charge < -0.3 is 15.0 Å². The van der Waals surface area contributed by atoms with Crippen molar-refractivity contribution in [3.05, 3.63) is 53.1 Å². The van der Waals surface area contributed by atoms with Gasteiger partial charge in [0.15, 0.2) is 11.6 Å². The van der Waals surface area contributed by atoms with Gasteiger partial charge in [0.2, 0.25) is 0 Å². The number of nitrogens with zero attached hydrogens (tertiary/aromatic N) is 1. The number of hydrogen-bond acceptors (Lipinski definition) is 3. The minimum absolute atomic E-state index is 0.0762. The van der Waals surface area contributed by atoms with Gasteiger partial charge in [-0.15, -0.1) is 0 Å². The minimum atomic E-state index is -0.729. The number of anilines is 2. The van der Waals surface area contributed by atoms with Gasteiger partial charge in [0.1, 0.15) is 11.4 Å². The summed E-state index contributed by atoms with van der Waals surface area (Å²) in [6.45, 7) is 0.600. The minimum Gasteiger partial charge on any atom is -0.493 e. The van der Waals surface area contributed by atoms with Crippen LogP contribution in [0.1, 0.15) is 15.9 Å². The van der Waals surface area contributed by atoms with Crippen LogP contribution in [0.4, 0.5) is 20.2 Å². The second-order valence-electron chi connectivity index (χ2n) is 5.56. The third kappa shape index (κ3) is 2.97. The van der Waals surface area contributed by atoms with Crippen molar-refractivity contribution in [3.8, 4) is 5.75 Å². The van der Waals surface area contributed by atoms with E-state index in [4.69, 9.17) is 4.74 Å². The van der Waals surface area contributed by atoms with Gasteiger partial charge in [-0.1, -0.05) is 0 Å². The first kappa shape index (κ1) is 15.3. The van der Waals surface area contributed by atoms with Crippen LogP contribution in [-0.2, 0) is 6.42 Å². The normalized spacial score (nSPS) is 12.5. The van der Waals surface area contributed by atoms with Gasteiger partial charge in [-0.25, -0.2) is 8.78 Å². The molecule has 0 bridgehead atoms. The largest absolute Gasteiger partial charge is 0.493 e. The number of hydrogen-bond donors (Lipinski definition) is 1. The molecule has 0 saturated carbocycles. The number of rotatable bonds is 3. The molecule has 0 aromatic heterocycles. The van der Waals surface area contributed by atoms with Crippen LogP contribution in [0.5, 0.6) is 5.75 Å². The first-order valence-electron chi connectivity index (χ1n) is 7.19. The molecule has 1 N–H and O–H groups in total. The number of carbonyl (C=O) groups excluding carboxylic acids is 1. The third-order valence-electron chi connectivity index (χ3n) is 3.67. The standard InChI is InChI=1S/C17H16F2N2O2/c1-21(2)16-13(18)8-12(9-14(16)19)20-17(22)11-3-4-15-10(7-11)5-6-23-15/h3-4,7-9H,5-6H2,1-2H3,(H,20,22). The lowest BCUT2D eigenvalue weighted by molar-refractivity contribution is 0.102. The SMILES string of the molecule is CN(C)c1c(F)cc(NC(=O)c2ccc3c(c2)CCO3)cc1F. The van der Waals surface area contributed by atoms with Crippen molar-refractivity contribution >= 4 is 17.3 Å². The molecule has 0 radical (unpaired) electrons. The van der Waals surface area contributed by atoms with Crippen LogP contribution < -0.4 is 15.0 Å². The Hall–Kier alpha value is -2.63. The van der Waals surface area contributed by atoms with Gasteiger partial charge in [0.25, 0.3) is 5.91 Å². The van der Waals surface area contributed by atoms with Gasteiger partial charge in [0, 0.05) is 31.8 Å². The number of benzene rings is 2. The maximum atomic E-state index is 13.9. The predicted molar refractivity (Wildman–Crippen MR) is 84.3 cm³/mol. The molecule has 1 aliphatic rings. The molecule has 0 atom stereocenters. The summed E-state index contributed by atoms with van der Waals surface area (Å²) in [5.41, 5.74) is 1.31. The lowest BCUT2D eigenvalue weighted by Crippen LogP contribution is -2.15. The van der Waals surface area contributed by atoms with Crippen LogP contribution >= 0.6 is 0 Å². The fourth-order valence-corrected chi connectivity index (χ4v) is 2.60. The smallest absolute Gasteiger partial charge is 0.255 e. The molecule has 1 heterocycles. The van der Waals surface area contributed by atoms with Gasteiger partial charge >= 0.3 is 0 Å². The Bertz CT molecular complexity index is 752. The van der Waals surface area contributed by atoms with Crippen molar-refractivity contribution < 1.29 is 18.3 Å². The Labute approximate surface area is 132 Å². The molecule has 2 aromatic rings. The molecular formula is C17H16F2N2O2. The quantitative estimate of drug-likeness (QED) is 0.945. The Morgan fingerprint density at radius 2 is 1.87 bits per heavy atom. The molecule has 1 amide bonds. The molecule has 0 fully saturated rings. The Kier molecular flexibility index (Phi) is 3.90. The first-order chi connectivity index (χ1) is 11.0. The second-order valence-corrected chi connectivity index (χ2v) is 5.56. The number of carbonyl (C=O) groups is 1. The average molecular weight is 318 g/mol. The molecule has 0 aliphatic carbocycles. The summed E-state index contributed by atoms with van der Waals surface area (Å²) in [7, 11) is 3.10. The monoisotopic (exact) mass is 318 g/mol. The first-order valence-corrected chi connectivity index (χ1v) is 7.19. The number of nitrogens with one attached hydrogen (secondary N) is 1. The zero-order valence-corrected chi connectivity index (χ0v) is 12.8. The van der Waals surface area contributed by atoms with E-state index in [-0.39, 0.29) is 11.4 Å². The number of fused-ring (bicyclic) bond motifs is 1. The van der Waals surface area contributed by atoms with Crippen molar-refractivity contribution in [2.75, 3.05) is 30.9 Å². The number of halogens is 2. The van der Waals surface area contributed by atoms with Crippen molar-refractivity contribution in [2.24, 2.45) is 0 Å². The van der Waals surface area contributed by atoms with E-state index in [1.165, 1.54) is 4.90 Å². The van der Waals surface area contributed by atoms with Crippen molar-refractivity contribution in [1.29, 1.82) is 0 Å². The molecule has 0 spiro atoms. The number of ether oxygens (including phenoxy) is 1. The summed E-state index contributed by atoms with van der Waals surface area (Å²) < 4.78 is 33.3. The summed E-state index contributed by atoms with van der Waals surface area (Å²) in [4.78, 5) is 13.6. The van der Waals surface area contributed by atoms with Crippen LogP contribution in [0.2, 0.25) is 0 Å². The van der Waals surface area contributed by atoms with E-state index in [2.05, 4.69) is 5.32 Å². The molecule has 0 saturated heterocycles. The fourth-order valence-electron chi connectivity index (χ4n) is 2.60. The second kappa shape index (κ2) is 5.87. The van der Waals surface area contributed by atoms with Crippen molar-refractivity contribution in [2.45, 2.75) is 6.42 Å². The molecule has 4 nitrogen and oxygen atoms in total. The van der Waals surface area contributed by atoms with E-state index in [0.29, 0.717) is 12.2 Å². The number of amides is 1. The third-order valence-corrected chi connectivity index (χ3v) is 3.67. The molecular weight excluding hydrogens is 302 g/mol. The van der Waals surface area contributed by atoms with E-state index in [1.54, 1.807) is 32.3 Å². The Balaban J connectivity index is 1.83. The van der Waals surface area contributed by atoms with E-state index in [1.807, 2.05) is 0 Å². The molecule has 3 rings (SSSR count). The van der Waals surface area contributed by atoms with Crippen LogP contribution in [-0.4, -0.2) is 26.6 Å². The molecule has 120 valence electrons. The average Bonchev–Trinajstić information content (AvgIpc) is 2.93. The highest BCUT2D eigenvalue weighted by atomic mass is 19.1. The van der Waals surface area contributed by atoms with Crippen LogP contribution in [0.25, 0.3) is 0 Å². The van der Waals surface area contributed by atoms with Crippen LogP contribution in [0, 0.1) is 11.6 Å². The fraction of sp³-hybridized carbons (Fsp3) is 0.235. The van der Waals surface area contributed by atoms with E-state index in [9.17, 15) is 13.6 Å². The Morgan fingerprint density at radius 3 is 2.52 bits per heavy atom. The summed E-state index contributed by atoms with van der Waals surface area (Å²) >= 11 is 0. The maximum absolute atomic E-state index is 13.9. The van der Waals surface area contributed by atoms with Crippen LogP contribution in [0.3, 0.4) is 0 Å². The lowest BCUT2D eigenvalue weighted by atomic mass is 10.1. The summed E-state index contributed by atoms with van der Waals surface area (Å²) in [6, 6.07) is 7.30. The summed E-state index contributed by atoms with van der Waals surface area (Å²) in [5.74, 6) is -1.11. The van der Waals surface area contributed by atoms with Crippen molar-refractivity contribution in [1.82, 2.24) is 0 Å². The topological polar surface area (TPSA) is 41.6 Å². The maximum Gasteiger partial charge on any atom is 0.255 e. The van der Waals surface area contributed by atoms with E-state index >= 15 is 0 Å². The molecule has 6 heteroatoms. The Morgan fingerprint density at radius 1 is 1.17 bits per heavy atom. The van der Waals surface area contributed by atoms with Gasteiger partial charge in [0.05, 0.1) is 6.61 Å². The van der Waals surface area contributed by atoms with Crippen LogP contribution in [0.15, 0.2) is 30.3 Å². The predicted octanol–water partition coefficient (Wildman–Crippen LogP) is 3.22. The summed E-state index contributed by atoms with van der Waals surface area (Å²) in [6.07, 6.45) is 0.747. The van der Waals surface area contributed by atoms with E-state index < -0.39 is 17.5 Å². The van der Waals surface area contributed by atoms with E-state index in [0.717, 1.165) is 29.9 Å². The zero-order valence-electron chi connectivity index (χ0n) is 12.8.